The summed E-state index contributed by atoms with van der Waals surface area (Å²) >= 11 is 0. The molecule has 26 heavy (non-hydrogen) atoms. The number of pyridine rings is 1. The molecule has 0 amide bonds. The summed E-state index contributed by atoms with van der Waals surface area (Å²) in [5.41, 5.74) is 20.3. The van der Waals surface area contributed by atoms with E-state index in [0.29, 0.717) is 22.8 Å². The van der Waals surface area contributed by atoms with Crippen molar-refractivity contribution in [3.63, 3.8) is 0 Å². The van der Waals surface area contributed by atoms with Crippen LogP contribution in [0.3, 0.4) is 0 Å². The Morgan fingerprint density at radius 3 is 2.38 bits per heavy atom. The van der Waals surface area contributed by atoms with E-state index in [4.69, 9.17) is 22.4 Å². The number of nitrogens with zero attached hydrogens (tertiary/aromatic N) is 3. The summed E-state index contributed by atoms with van der Waals surface area (Å²) in [6, 6.07) is 14.6. The number of fused-ring (bicyclic) bond motifs is 1. The van der Waals surface area contributed by atoms with Crippen LogP contribution in [-0.2, 0) is 0 Å². The van der Waals surface area contributed by atoms with Gasteiger partial charge in [-0.2, -0.15) is 0 Å². The lowest BCUT2D eigenvalue weighted by Gasteiger charge is -2.07. The molecule has 0 spiro atoms. The van der Waals surface area contributed by atoms with Crippen LogP contribution in [0, 0.1) is 0 Å². The zero-order valence-corrected chi connectivity index (χ0v) is 13.9. The number of hydrogen-bond donors (Lipinski definition) is 4. The third kappa shape index (κ3) is 3.46. The Morgan fingerprint density at radius 1 is 1.00 bits per heavy atom. The van der Waals surface area contributed by atoms with Crippen LogP contribution in [0.5, 0.6) is 0 Å². The first-order chi connectivity index (χ1) is 12.6. The molecule has 1 heterocycles. The second kappa shape index (κ2) is 7.35. The Morgan fingerprint density at radius 2 is 1.69 bits per heavy atom. The predicted octanol–water partition coefficient (Wildman–Crippen LogP) is 2.61. The zero-order valence-electron chi connectivity index (χ0n) is 13.9. The second-order valence-corrected chi connectivity index (χ2v) is 5.53. The fourth-order valence-corrected chi connectivity index (χ4v) is 2.51. The lowest BCUT2D eigenvalue weighted by molar-refractivity contribution is 0.318. The quantitative estimate of drug-likeness (QED) is 0.249. The van der Waals surface area contributed by atoms with E-state index in [1.54, 1.807) is 42.8 Å². The van der Waals surface area contributed by atoms with Crippen LogP contribution in [0.1, 0.15) is 11.1 Å². The monoisotopic (exact) mass is 346 g/mol. The molecule has 0 aliphatic rings. The van der Waals surface area contributed by atoms with Crippen LogP contribution in [0.4, 0.5) is 11.5 Å². The molecule has 3 rings (SSSR count). The lowest BCUT2D eigenvalue weighted by Crippen LogP contribution is -2.12. The Labute approximate surface area is 150 Å². The summed E-state index contributed by atoms with van der Waals surface area (Å²) in [7, 11) is 0. The maximum absolute atomic E-state index is 8.66. The number of hydrogen-bond acceptors (Lipinski definition) is 6. The van der Waals surface area contributed by atoms with Gasteiger partial charge in [0.2, 0.25) is 0 Å². The minimum Gasteiger partial charge on any atom is -0.409 e. The van der Waals surface area contributed by atoms with Crippen LogP contribution in [0.25, 0.3) is 16.5 Å². The standard InChI is InChI=1S/C19H18N6O/c20-17(16-11-24-19(22)15-4-2-1-3-14(15)16)9-10-23-13-7-5-12(6-8-13)18(21)25-26/h1-11,26H,20H2,(H2,21,25)(H2,22,24). The number of nitrogens with two attached hydrogens (primary N) is 3. The molecule has 0 radical (unpaired) electrons. The number of oxime groups is 1. The van der Waals surface area contributed by atoms with Crippen molar-refractivity contribution in [2.45, 2.75) is 0 Å². The third-order valence-corrected chi connectivity index (χ3v) is 3.89. The van der Waals surface area contributed by atoms with Crippen LogP contribution in [0.2, 0.25) is 0 Å². The smallest absolute Gasteiger partial charge is 0.170 e. The van der Waals surface area contributed by atoms with Crippen LogP contribution in [-0.4, -0.2) is 22.2 Å². The number of nitrogen functional groups attached to an aromatic ring is 1. The summed E-state index contributed by atoms with van der Waals surface area (Å²) in [6.45, 7) is 0. The first-order valence-corrected chi connectivity index (χ1v) is 7.81. The van der Waals surface area contributed by atoms with Gasteiger partial charge < -0.3 is 22.4 Å². The van der Waals surface area contributed by atoms with Gasteiger partial charge in [0.15, 0.2) is 5.84 Å². The first-order valence-electron chi connectivity index (χ1n) is 7.81. The topological polar surface area (TPSA) is 136 Å². The Bertz CT molecular complexity index is 1020. The molecular formula is C19H18N6O. The molecule has 0 atom stereocenters. The van der Waals surface area contributed by atoms with E-state index in [9.17, 15) is 0 Å². The maximum atomic E-state index is 8.66. The molecule has 7 heteroatoms. The van der Waals surface area contributed by atoms with Crippen molar-refractivity contribution < 1.29 is 5.21 Å². The highest BCUT2D eigenvalue weighted by Gasteiger charge is 2.06. The molecule has 7 nitrogen and oxygen atoms in total. The summed E-state index contributed by atoms with van der Waals surface area (Å²) in [6.07, 6.45) is 4.97. The van der Waals surface area contributed by atoms with E-state index in [0.717, 1.165) is 16.3 Å². The fraction of sp³-hybridized carbons (Fsp3) is 0. The van der Waals surface area contributed by atoms with E-state index in [1.165, 1.54) is 0 Å². The first kappa shape index (κ1) is 17.0. The molecule has 0 aliphatic heterocycles. The van der Waals surface area contributed by atoms with Crippen molar-refractivity contribution in [3.8, 4) is 0 Å². The summed E-state index contributed by atoms with van der Waals surface area (Å²) < 4.78 is 0. The molecule has 1 aromatic heterocycles. The van der Waals surface area contributed by atoms with Gasteiger partial charge in [0, 0.05) is 34.6 Å². The van der Waals surface area contributed by atoms with Gasteiger partial charge in [0.1, 0.15) is 5.82 Å². The van der Waals surface area contributed by atoms with Crippen molar-refractivity contribution in [1.29, 1.82) is 0 Å². The van der Waals surface area contributed by atoms with Crippen molar-refractivity contribution in [3.05, 3.63) is 71.9 Å². The van der Waals surface area contributed by atoms with Gasteiger partial charge >= 0.3 is 0 Å². The minimum absolute atomic E-state index is 0.0485. The van der Waals surface area contributed by atoms with Gasteiger partial charge in [-0.1, -0.05) is 29.4 Å². The Kier molecular flexibility index (Phi) is 4.80. The number of aromatic nitrogens is 1. The van der Waals surface area contributed by atoms with Gasteiger partial charge in [0.25, 0.3) is 0 Å². The average molecular weight is 346 g/mol. The van der Waals surface area contributed by atoms with Crippen molar-refractivity contribution in [2.24, 2.45) is 21.6 Å². The molecule has 0 aliphatic carbocycles. The number of benzene rings is 2. The van der Waals surface area contributed by atoms with Crippen molar-refractivity contribution in [1.82, 2.24) is 4.98 Å². The largest absolute Gasteiger partial charge is 0.409 e. The molecule has 0 saturated carbocycles. The molecule has 0 bridgehead atoms. The minimum atomic E-state index is 0.0485. The molecule has 2 aromatic carbocycles. The average Bonchev–Trinajstić information content (AvgIpc) is 2.68. The van der Waals surface area contributed by atoms with Gasteiger partial charge in [-0.05, 0) is 35.7 Å². The number of rotatable bonds is 4. The maximum Gasteiger partial charge on any atom is 0.170 e. The van der Waals surface area contributed by atoms with Crippen LogP contribution < -0.4 is 17.2 Å². The molecule has 0 fully saturated rings. The van der Waals surface area contributed by atoms with Crippen LogP contribution >= 0.6 is 0 Å². The van der Waals surface area contributed by atoms with Crippen molar-refractivity contribution >= 4 is 40.0 Å². The van der Waals surface area contributed by atoms with E-state index in [-0.39, 0.29) is 5.84 Å². The third-order valence-electron chi connectivity index (χ3n) is 3.89. The summed E-state index contributed by atoms with van der Waals surface area (Å²) in [5, 5.41) is 13.4. The fourth-order valence-electron chi connectivity index (χ4n) is 2.51. The van der Waals surface area contributed by atoms with E-state index in [1.807, 2.05) is 24.3 Å². The summed E-state index contributed by atoms with van der Waals surface area (Å²) in [5.74, 6) is 0.518. The number of aliphatic imine (C=N–C) groups is 1. The van der Waals surface area contributed by atoms with E-state index in [2.05, 4.69) is 15.1 Å². The van der Waals surface area contributed by atoms with Crippen LogP contribution in [0.15, 0.2) is 71.0 Å². The Hall–Kier alpha value is -3.87. The molecule has 130 valence electrons. The molecule has 7 N–H and O–H groups in total. The SMILES string of the molecule is NC(=CC=Nc1ccc(C(N)=NO)cc1)c1cnc(N)c2ccccc12. The molecular weight excluding hydrogens is 328 g/mol. The Balaban J connectivity index is 1.85. The predicted molar refractivity (Wildman–Crippen MR) is 105 cm³/mol. The molecule has 0 saturated heterocycles. The van der Waals surface area contributed by atoms with Gasteiger partial charge in [0.05, 0.1) is 5.69 Å². The molecule has 3 aromatic rings. The van der Waals surface area contributed by atoms with E-state index < -0.39 is 0 Å². The highest BCUT2D eigenvalue weighted by atomic mass is 16.4. The van der Waals surface area contributed by atoms with Gasteiger partial charge in [-0.25, -0.2) is 4.98 Å². The zero-order chi connectivity index (χ0) is 18.5. The summed E-state index contributed by atoms with van der Waals surface area (Å²) in [4.78, 5) is 8.52. The highest BCUT2D eigenvalue weighted by molar-refractivity contribution is 6.00. The number of anilines is 1. The normalized spacial score (nSPS) is 12.8. The number of allylic oxidation sites excluding steroid dienone is 1. The van der Waals surface area contributed by atoms with E-state index >= 15 is 0 Å². The van der Waals surface area contributed by atoms with Gasteiger partial charge in [-0.15, -0.1) is 0 Å². The highest BCUT2D eigenvalue weighted by Crippen LogP contribution is 2.25. The second-order valence-electron chi connectivity index (χ2n) is 5.53. The number of amidine groups is 1. The van der Waals surface area contributed by atoms with Gasteiger partial charge in [-0.3, -0.25) is 4.99 Å². The lowest BCUT2D eigenvalue weighted by atomic mass is 10.0. The van der Waals surface area contributed by atoms with Crippen molar-refractivity contribution in [2.75, 3.05) is 5.73 Å². The molecule has 0 unspecified atom stereocenters.